The number of carboxylic acid groups (broad SMARTS) is 3. The molecule has 23 heteroatoms. The second-order valence-electron chi connectivity index (χ2n) is 26.0. The van der Waals surface area contributed by atoms with Crippen molar-refractivity contribution >= 4 is 52.6 Å². The second-order valence-corrected chi connectivity index (χ2v) is 27.0. The van der Waals surface area contributed by atoms with E-state index in [1.807, 2.05) is 218 Å². The van der Waals surface area contributed by atoms with Crippen molar-refractivity contribution in [2.45, 2.75) is 63.2 Å². The number of furan rings is 9. The minimum Gasteiger partial charge on any atom is -0.475 e. The maximum atomic E-state index is 12.1. The largest absolute Gasteiger partial charge is 0.475 e. The maximum absolute atomic E-state index is 12.1. The van der Waals surface area contributed by atoms with Crippen molar-refractivity contribution in [2.75, 3.05) is 0 Å². The molecule has 0 amide bonds. The van der Waals surface area contributed by atoms with Gasteiger partial charge in [-0.1, -0.05) is 218 Å². The zero-order chi connectivity index (χ0) is 86.5. The normalized spacial score (nSPS) is 10.6. The Morgan fingerprint density at radius 2 is 0.656 bits per heavy atom. The molecule has 0 fully saturated rings. The fourth-order valence-corrected chi connectivity index (χ4v) is 11.5. The molecule has 0 saturated heterocycles. The number of carboxylic acids is 3. The Labute approximate surface area is 706 Å². The fourth-order valence-electron chi connectivity index (χ4n) is 10.9. The number of carbonyl (C=O) groups is 7. The summed E-state index contributed by atoms with van der Waals surface area (Å²) in [5.74, 6) is 3.02. The van der Waals surface area contributed by atoms with E-state index in [4.69, 9.17) is 46.2 Å². The minimum absolute atomic E-state index is 0.0130. The zero-order valence-electron chi connectivity index (χ0n) is 66.1. The van der Waals surface area contributed by atoms with E-state index >= 15 is 0 Å². The molecule has 5 N–H and O–H groups in total. The van der Waals surface area contributed by atoms with Gasteiger partial charge in [0.1, 0.15) is 57.6 Å². The number of nitrogens with zero attached hydrogens (tertiary/aromatic N) is 1. The quantitative estimate of drug-likeness (QED) is 0.0239. The van der Waals surface area contributed by atoms with Crippen LogP contribution < -0.4 is 0 Å². The summed E-state index contributed by atoms with van der Waals surface area (Å²) >= 11 is 1.07. The molecule has 7 aromatic carbocycles. The topological polar surface area (TPSA) is 352 Å². The average Bonchev–Trinajstić information content (AvgIpc) is 1.66. The van der Waals surface area contributed by atoms with Gasteiger partial charge in [0.2, 0.25) is 17.3 Å². The van der Waals surface area contributed by atoms with Crippen LogP contribution in [0.1, 0.15) is 179 Å². The lowest BCUT2D eigenvalue weighted by Crippen LogP contribution is -1.98. The standard InChI is InChI=1S/C17H13NO2S.2C13H12O2.C12H10O4.C12H10O3.C11H10O2.C11H10O.C5H4O3.C5H4O2/c19-17(21-16-8-4-5-11-18-16)15-10-9-14(20-15)12-13-6-2-1-3-7-13;2*1-10(14)13-8-7-12(15-13)9-11-5-3-2-4-6-11;13-11(8-4-2-1-3-5-8)9-6-7-10(16-9)12(14)15;13-12(14)11-7-6-10(15-11)8-9-4-2-1-3-5-9;12-11(10-7-4-8-13-10)9-5-2-1-3-6-9;1-2-5-10(6-3-1)9-11-7-4-8-12-11;6-5(7)4-2-1-3-8-4;6-4-5-2-1-3-7-5/h1-11H,12H2;2*2-8H,9H2,1H3;1-7,11,13H,(H,14,15);1-7H,8H2,(H,13,14);1-8,11-12H;1-8H,9H2;1-3H,(H,6,7);1-4H. The van der Waals surface area contributed by atoms with Crippen molar-refractivity contribution in [1.82, 2.24) is 4.98 Å². The van der Waals surface area contributed by atoms with Gasteiger partial charge in [0.05, 0.1) is 25.1 Å². The van der Waals surface area contributed by atoms with Gasteiger partial charge in [-0.25, -0.2) is 19.4 Å². The number of ketones is 2. The van der Waals surface area contributed by atoms with E-state index in [0.717, 1.165) is 70.8 Å². The van der Waals surface area contributed by atoms with Gasteiger partial charge in [0.25, 0.3) is 5.12 Å². The predicted molar refractivity (Wildman–Crippen MR) is 456 cm³/mol. The number of rotatable bonds is 22. The Morgan fingerprint density at radius 3 is 0.984 bits per heavy atom. The van der Waals surface area contributed by atoms with E-state index in [2.05, 4.69) is 26.0 Å². The first-order chi connectivity index (χ1) is 59.3. The summed E-state index contributed by atoms with van der Waals surface area (Å²) in [4.78, 5) is 79.2. The van der Waals surface area contributed by atoms with Gasteiger partial charge < -0.3 is 65.3 Å². The van der Waals surface area contributed by atoms with E-state index in [-0.39, 0.29) is 39.7 Å². The monoisotopic (exact) mass is 1660 g/mol. The third-order valence-corrected chi connectivity index (χ3v) is 17.7. The summed E-state index contributed by atoms with van der Waals surface area (Å²) in [6.45, 7) is 3.01. The minimum atomic E-state index is -1.15. The lowest BCUT2D eigenvalue weighted by atomic mass is 10.1. The highest BCUT2D eigenvalue weighted by atomic mass is 32.2. The van der Waals surface area contributed by atoms with Crippen LogP contribution in [0, 0.1) is 0 Å². The number of pyridine rings is 1. The van der Waals surface area contributed by atoms with E-state index in [9.17, 15) is 43.8 Å². The molecule has 0 aliphatic carbocycles. The number of aromatic carboxylic acids is 3. The van der Waals surface area contributed by atoms with E-state index in [0.29, 0.717) is 64.3 Å². The average molecular weight is 1660 g/mol. The molecule has 17 rings (SSSR count). The summed E-state index contributed by atoms with van der Waals surface area (Å²) in [6.07, 6.45) is 10.4. The summed E-state index contributed by atoms with van der Waals surface area (Å²) in [5, 5.41) is 45.8. The molecule has 618 valence electrons. The Hall–Kier alpha value is -15.4. The molecule has 0 spiro atoms. The highest BCUT2D eigenvalue weighted by molar-refractivity contribution is 8.14. The lowest BCUT2D eigenvalue weighted by Gasteiger charge is -2.06. The van der Waals surface area contributed by atoms with Crippen LogP contribution in [0.4, 0.5) is 0 Å². The summed E-state index contributed by atoms with van der Waals surface area (Å²) < 4.78 is 46.0. The second kappa shape index (κ2) is 49.6. The third-order valence-electron chi connectivity index (χ3n) is 16.8. The van der Waals surface area contributed by atoms with Gasteiger partial charge in [-0.15, -0.1) is 0 Å². The number of aromatic nitrogens is 1. The van der Waals surface area contributed by atoms with Crippen molar-refractivity contribution in [3.63, 3.8) is 0 Å². The van der Waals surface area contributed by atoms with Gasteiger partial charge in [-0.05, 0) is 172 Å². The first kappa shape index (κ1) is 90.5. The molecule has 2 unspecified atom stereocenters. The van der Waals surface area contributed by atoms with Crippen LogP contribution in [0.15, 0.2) is 416 Å². The summed E-state index contributed by atoms with van der Waals surface area (Å²) in [7, 11) is 0. The molecular formula is C99H85NO21S. The van der Waals surface area contributed by atoms with Crippen LogP contribution in [0.3, 0.4) is 0 Å². The Kier molecular flexibility index (Phi) is 36.8. The van der Waals surface area contributed by atoms with Crippen molar-refractivity contribution < 1.29 is 98.8 Å². The number of hydrogen-bond acceptors (Lipinski definition) is 20. The van der Waals surface area contributed by atoms with Gasteiger partial charge in [-0.2, -0.15) is 0 Å². The van der Waals surface area contributed by atoms with Gasteiger partial charge in [0.15, 0.2) is 40.9 Å². The van der Waals surface area contributed by atoms with Gasteiger partial charge >= 0.3 is 17.9 Å². The molecule has 10 aromatic heterocycles. The number of Topliss-reactive ketones (excluding diaryl/α,β-unsaturated/α-hetero) is 2. The Balaban J connectivity index is 0.000000158. The highest BCUT2D eigenvalue weighted by Crippen LogP contribution is 2.27. The number of aliphatic hydroxyl groups excluding tert-OH is 2. The number of thioether (sulfide) groups is 1. The summed E-state index contributed by atoms with van der Waals surface area (Å²) in [6, 6.07) is 104. The van der Waals surface area contributed by atoms with Gasteiger partial charge in [-0.3, -0.25) is 19.2 Å². The van der Waals surface area contributed by atoms with E-state index < -0.39 is 30.1 Å². The number of aldehydes is 1. The predicted octanol–water partition coefficient (Wildman–Crippen LogP) is 22.3. The molecule has 0 aliphatic heterocycles. The molecule has 0 radical (unpaired) electrons. The molecule has 10 heterocycles. The molecule has 2 atom stereocenters. The fraction of sp³-hybridized carbons (Fsp3) is 0.0909. The van der Waals surface area contributed by atoms with E-state index in [1.54, 1.807) is 97.6 Å². The van der Waals surface area contributed by atoms with Crippen LogP contribution in [-0.4, -0.2) is 71.4 Å². The molecule has 0 aliphatic rings. The SMILES string of the molecule is CC(=O)c1ccc(Cc2ccccc2)o1.CC(=O)c1ccc(Cc2ccccc2)o1.O=C(O)c1ccc(C(O)c2ccccc2)o1.O=C(O)c1ccc(Cc2ccccc2)o1.O=C(O)c1ccco1.O=C(Sc1ccccn1)c1ccc(Cc2ccccc2)o1.O=Cc1ccco1.OC(c1ccccc1)c1ccco1.c1ccc(Cc2ccco2)cc1. The van der Waals surface area contributed by atoms with Crippen LogP contribution >= 0.6 is 11.8 Å². The van der Waals surface area contributed by atoms with Crippen LogP contribution in [0.25, 0.3) is 0 Å². The summed E-state index contributed by atoms with van der Waals surface area (Å²) in [5.41, 5.74) is 7.41. The molecule has 0 saturated carbocycles. The van der Waals surface area contributed by atoms with Crippen molar-refractivity contribution in [1.29, 1.82) is 0 Å². The maximum Gasteiger partial charge on any atom is 0.371 e. The van der Waals surface area contributed by atoms with Crippen molar-refractivity contribution in [2.24, 2.45) is 0 Å². The Morgan fingerprint density at radius 1 is 0.311 bits per heavy atom. The number of aliphatic hydroxyl groups is 2. The number of benzene rings is 7. The van der Waals surface area contributed by atoms with Crippen LogP contribution in [0.2, 0.25) is 0 Å². The van der Waals surface area contributed by atoms with Crippen molar-refractivity contribution in [3.8, 4) is 0 Å². The smallest absolute Gasteiger partial charge is 0.371 e. The molecule has 22 nitrogen and oxygen atoms in total. The molecule has 17 aromatic rings. The van der Waals surface area contributed by atoms with Crippen LogP contribution in [-0.2, 0) is 32.1 Å². The zero-order valence-corrected chi connectivity index (χ0v) is 66.9. The molecule has 0 bridgehead atoms. The third kappa shape index (κ3) is 31.9. The lowest BCUT2D eigenvalue weighted by molar-refractivity contribution is 0.0646. The number of hydrogen-bond donors (Lipinski definition) is 5. The molecular weight excluding hydrogens is 1570 g/mol. The first-order valence-electron chi connectivity index (χ1n) is 37.9. The van der Waals surface area contributed by atoms with Crippen molar-refractivity contribution in [3.05, 3.63) is 491 Å². The van der Waals surface area contributed by atoms with E-state index in [1.165, 1.54) is 73.4 Å². The number of carbonyl (C=O) groups excluding carboxylic acids is 4. The highest BCUT2D eigenvalue weighted by Gasteiger charge is 2.19. The van der Waals surface area contributed by atoms with Gasteiger partial charge in [0, 0.05) is 52.1 Å². The Bertz CT molecular complexity index is 5590. The first-order valence-corrected chi connectivity index (χ1v) is 38.7. The van der Waals surface area contributed by atoms with Crippen LogP contribution in [0.5, 0.6) is 0 Å². The molecule has 122 heavy (non-hydrogen) atoms.